The number of ether oxygens (including phenoxy) is 2. The number of benzene rings is 1. The molecule has 2 aromatic rings. The standard InChI is InChI=1S/C18H23N3O4/c1-12-16(7-9-24-12)21(8-10-23-3)18(22)15-6-4-5-14(11-15)17-20-19-13(2)25-17/h4-6,11-12,16H,7-10H2,1-3H3/t12-,16+/m0/s1. The van der Waals surface area contributed by atoms with Gasteiger partial charge in [0.15, 0.2) is 0 Å². The van der Waals surface area contributed by atoms with Crippen LogP contribution < -0.4 is 0 Å². The third kappa shape index (κ3) is 3.88. The first-order chi connectivity index (χ1) is 12.1. The number of aromatic nitrogens is 2. The monoisotopic (exact) mass is 345 g/mol. The molecule has 0 unspecified atom stereocenters. The van der Waals surface area contributed by atoms with Gasteiger partial charge in [0.1, 0.15) is 0 Å². The zero-order valence-corrected chi connectivity index (χ0v) is 14.8. The molecule has 0 N–H and O–H groups in total. The molecule has 1 aliphatic rings. The highest BCUT2D eigenvalue weighted by molar-refractivity contribution is 5.95. The van der Waals surface area contributed by atoms with E-state index in [0.29, 0.717) is 37.1 Å². The van der Waals surface area contributed by atoms with Gasteiger partial charge in [-0.2, -0.15) is 0 Å². The van der Waals surface area contributed by atoms with Crippen LogP contribution in [0, 0.1) is 6.92 Å². The van der Waals surface area contributed by atoms with E-state index in [2.05, 4.69) is 10.2 Å². The summed E-state index contributed by atoms with van der Waals surface area (Å²) in [5.74, 6) is 0.857. The first-order valence-electron chi connectivity index (χ1n) is 8.42. The summed E-state index contributed by atoms with van der Waals surface area (Å²) in [7, 11) is 1.63. The second kappa shape index (κ2) is 7.76. The van der Waals surface area contributed by atoms with Crippen LogP contribution in [0.25, 0.3) is 11.5 Å². The fraction of sp³-hybridized carbons (Fsp3) is 0.500. The minimum Gasteiger partial charge on any atom is -0.421 e. The highest BCUT2D eigenvalue weighted by Crippen LogP contribution is 2.24. The van der Waals surface area contributed by atoms with Crippen LogP contribution in [0.5, 0.6) is 0 Å². The molecule has 3 rings (SSSR count). The second-order valence-corrected chi connectivity index (χ2v) is 6.13. The van der Waals surface area contributed by atoms with Gasteiger partial charge in [0.25, 0.3) is 5.91 Å². The summed E-state index contributed by atoms with van der Waals surface area (Å²) in [5, 5.41) is 7.86. The molecule has 1 aliphatic heterocycles. The number of amides is 1. The number of aryl methyl sites for hydroxylation is 1. The molecule has 134 valence electrons. The SMILES string of the molecule is COCCN(C(=O)c1cccc(-c2nnc(C)o2)c1)[C@@H]1CCO[C@H]1C. The van der Waals surface area contributed by atoms with E-state index in [-0.39, 0.29) is 18.1 Å². The van der Waals surface area contributed by atoms with Gasteiger partial charge in [-0.05, 0) is 31.5 Å². The topological polar surface area (TPSA) is 77.7 Å². The second-order valence-electron chi connectivity index (χ2n) is 6.13. The molecule has 0 radical (unpaired) electrons. The van der Waals surface area contributed by atoms with E-state index in [1.165, 1.54) is 0 Å². The lowest BCUT2D eigenvalue weighted by molar-refractivity contribution is 0.0425. The molecule has 2 atom stereocenters. The summed E-state index contributed by atoms with van der Waals surface area (Å²) in [5.41, 5.74) is 1.32. The molecule has 7 nitrogen and oxygen atoms in total. The number of carbonyl (C=O) groups is 1. The van der Waals surface area contributed by atoms with Gasteiger partial charge in [0.05, 0.1) is 18.8 Å². The van der Waals surface area contributed by atoms with Crippen molar-refractivity contribution in [2.45, 2.75) is 32.4 Å². The van der Waals surface area contributed by atoms with E-state index in [0.717, 1.165) is 12.0 Å². The molecule has 1 aromatic heterocycles. The molecular formula is C18H23N3O4. The van der Waals surface area contributed by atoms with Crippen molar-refractivity contribution in [3.05, 3.63) is 35.7 Å². The van der Waals surface area contributed by atoms with Crippen LogP contribution in [0.2, 0.25) is 0 Å². The van der Waals surface area contributed by atoms with Crippen molar-refractivity contribution < 1.29 is 18.7 Å². The van der Waals surface area contributed by atoms with Crippen LogP contribution in [0.1, 0.15) is 29.6 Å². The molecule has 0 aliphatic carbocycles. The first kappa shape index (κ1) is 17.6. The van der Waals surface area contributed by atoms with Crippen molar-refractivity contribution in [2.75, 3.05) is 26.9 Å². The van der Waals surface area contributed by atoms with Crippen LogP contribution in [0.4, 0.5) is 0 Å². The molecule has 2 heterocycles. The van der Waals surface area contributed by atoms with Crippen LogP contribution in [-0.2, 0) is 9.47 Å². The maximum Gasteiger partial charge on any atom is 0.254 e. The molecule has 0 saturated carbocycles. The molecule has 1 fully saturated rings. The van der Waals surface area contributed by atoms with Gasteiger partial charge in [0.2, 0.25) is 11.8 Å². The van der Waals surface area contributed by atoms with Gasteiger partial charge >= 0.3 is 0 Å². The highest BCUT2D eigenvalue weighted by Gasteiger charge is 2.33. The number of nitrogens with zero attached hydrogens (tertiary/aromatic N) is 3. The Morgan fingerprint density at radius 2 is 2.24 bits per heavy atom. The van der Waals surface area contributed by atoms with E-state index in [4.69, 9.17) is 13.9 Å². The number of hydrogen-bond donors (Lipinski definition) is 0. The van der Waals surface area contributed by atoms with Gasteiger partial charge in [-0.15, -0.1) is 10.2 Å². The largest absolute Gasteiger partial charge is 0.421 e. The predicted molar refractivity (Wildman–Crippen MR) is 91.2 cm³/mol. The normalized spacial score (nSPS) is 20.0. The summed E-state index contributed by atoms with van der Waals surface area (Å²) in [6.07, 6.45) is 0.849. The Bertz CT molecular complexity index is 731. The minimum atomic E-state index is -0.0440. The van der Waals surface area contributed by atoms with Gasteiger partial charge in [-0.1, -0.05) is 6.07 Å². The van der Waals surface area contributed by atoms with Crippen molar-refractivity contribution >= 4 is 5.91 Å². The zero-order valence-electron chi connectivity index (χ0n) is 14.8. The highest BCUT2D eigenvalue weighted by atomic mass is 16.5. The van der Waals surface area contributed by atoms with Crippen molar-refractivity contribution in [3.63, 3.8) is 0 Å². The van der Waals surface area contributed by atoms with E-state index >= 15 is 0 Å². The summed E-state index contributed by atoms with van der Waals surface area (Å²) < 4.78 is 16.3. The van der Waals surface area contributed by atoms with Gasteiger partial charge in [0, 0.05) is 38.3 Å². The lowest BCUT2D eigenvalue weighted by atomic mass is 10.1. The molecule has 1 saturated heterocycles. The number of hydrogen-bond acceptors (Lipinski definition) is 6. The fourth-order valence-electron chi connectivity index (χ4n) is 3.10. The predicted octanol–water partition coefficient (Wildman–Crippen LogP) is 2.31. The minimum absolute atomic E-state index is 0.0163. The van der Waals surface area contributed by atoms with Crippen LogP contribution >= 0.6 is 0 Å². The van der Waals surface area contributed by atoms with Crippen molar-refractivity contribution in [1.29, 1.82) is 0 Å². The number of rotatable bonds is 6. The van der Waals surface area contributed by atoms with Crippen molar-refractivity contribution in [1.82, 2.24) is 15.1 Å². The van der Waals surface area contributed by atoms with Gasteiger partial charge in [-0.3, -0.25) is 4.79 Å². The molecule has 7 heteroatoms. The summed E-state index contributed by atoms with van der Waals surface area (Å²) in [6, 6.07) is 7.32. The maximum atomic E-state index is 13.1. The average Bonchev–Trinajstić information content (AvgIpc) is 3.24. The Labute approximate surface area is 146 Å². The molecule has 1 amide bonds. The van der Waals surface area contributed by atoms with E-state index in [1.807, 2.05) is 24.0 Å². The summed E-state index contributed by atoms with van der Waals surface area (Å²) >= 11 is 0. The molecular weight excluding hydrogens is 322 g/mol. The maximum absolute atomic E-state index is 13.1. The Morgan fingerprint density at radius 3 is 2.88 bits per heavy atom. The number of carbonyl (C=O) groups excluding carboxylic acids is 1. The van der Waals surface area contributed by atoms with Crippen LogP contribution in [0.15, 0.2) is 28.7 Å². The smallest absolute Gasteiger partial charge is 0.254 e. The van der Waals surface area contributed by atoms with Gasteiger partial charge in [-0.25, -0.2) is 0 Å². The van der Waals surface area contributed by atoms with E-state index in [9.17, 15) is 4.79 Å². The molecule has 0 spiro atoms. The Balaban J connectivity index is 1.86. The fourth-order valence-corrected chi connectivity index (χ4v) is 3.10. The van der Waals surface area contributed by atoms with Crippen molar-refractivity contribution in [2.24, 2.45) is 0 Å². The van der Waals surface area contributed by atoms with E-state index in [1.54, 1.807) is 26.2 Å². The summed E-state index contributed by atoms with van der Waals surface area (Å²) in [6.45, 7) is 5.42. The van der Waals surface area contributed by atoms with Gasteiger partial charge < -0.3 is 18.8 Å². The number of methoxy groups -OCH3 is 1. The van der Waals surface area contributed by atoms with Crippen molar-refractivity contribution in [3.8, 4) is 11.5 Å². The Hall–Kier alpha value is -2.25. The van der Waals surface area contributed by atoms with E-state index < -0.39 is 0 Å². The Kier molecular flexibility index (Phi) is 5.45. The lowest BCUT2D eigenvalue weighted by Gasteiger charge is -2.30. The average molecular weight is 345 g/mol. The van der Waals surface area contributed by atoms with Crippen LogP contribution in [-0.4, -0.2) is 60.0 Å². The quantitative estimate of drug-likeness (QED) is 0.799. The Morgan fingerprint density at radius 1 is 1.40 bits per heavy atom. The molecule has 1 aromatic carbocycles. The zero-order chi connectivity index (χ0) is 17.8. The third-order valence-corrected chi connectivity index (χ3v) is 4.42. The summed E-state index contributed by atoms with van der Waals surface area (Å²) in [4.78, 5) is 15.0. The molecule has 25 heavy (non-hydrogen) atoms. The molecule has 0 bridgehead atoms. The lowest BCUT2D eigenvalue weighted by Crippen LogP contribution is -2.45. The van der Waals surface area contributed by atoms with Crippen LogP contribution in [0.3, 0.4) is 0 Å². The third-order valence-electron chi connectivity index (χ3n) is 4.42. The first-order valence-corrected chi connectivity index (χ1v) is 8.42.